The summed E-state index contributed by atoms with van der Waals surface area (Å²) >= 11 is 0. The second kappa shape index (κ2) is 75.3. The van der Waals surface area contributed by atoms with Crippen LogP contribution in [-0.4, -0.2) is 87.4 Å². The first-order chi connectivity index (χ1) is 45.6. The number of likely N-dealkylation sites (N-methyl/N-ethyl adjacent to an activating group) is 1. The van der Waals surface area contributed by atoms with E-state index >= 15 is 0 Å². The normalized spacial score (nSPS) is 12.7. The molecule has 0 radical (unpaired) electrons. The zero-order valence-electron chi connectivity index (χ0n) is 63.0. The number of carboxylic acids is 1. The number of ether oxygens (including phenoxy) is 4. The van der Waals surface area contributed by atoms with Crippen LogP contribution in [0, 0.1) is 0 Å². The molecule has 0 amide bonds. The standard InChI is InChI=1S/C84H159NO8/c1-6-8-10-12-14-16-18-20-22-24-26-28-30-32-34-36-37-38-39-40-41-42-43-44-45-47-49-51-53-55-57-59-61-63-65-67-69-71-73-75-82(87)93-80(79-92-84(83(88)89)90-77-76-85(3,4)5)78-91-81(86)74-72-70-68-66-64-62-60-58-56-54-52-50-48-46-35-33-31-29-27-25-23-21-19-17-15-13-11-9-7-2/h18,20,24-27,80,84H,6-17,19,21-23,28-79H2,1-5H3/p+1/b20-18-,26-24-,27-25-. The van der Waals surface area contributed by atoms with Crippen molar-refractivity contribution in [1.29, 1.82) is 0 Å². The average molecular weight is 1310 g/mol. The van der Waals surface area contributed by atoms with E-state index in [1.54, 1.807) is 0 Å². The van der Waals surface area contributed by atoms with Gasteiger partial charge in [0.1, 0.15) is 13.2 Å². The second-order valence-corrected chi connectivity index (χ2v) is 29.4. The van der Waals surface area contributed by atoms with Crippen LogP contribution >= 0.6 is 0 Å². The van der Waals surface area contributed by atoms with E-state index in [1.807, 2.05) is 21.1 Å². The first kappa shape index (κ1) is 90.5. The quantitative estimate of drug-likeness (QED) is 0.0211. The number of carboxylic acid groups (broad SMARTS) is 1. The van der Waals surface area contributed by atoms with Crippen molar-refractivity contribution in [2.75, 3.05) is 47.5 Å². The van der Waals surface area contributed by atoms with Crippen molar-refractivity contribution < 1.29 is 42.9 Å². The van der Waals surface area contributed by atoms with E-state index in [1.165, 1.54) is 353 Å². The van der Waals surface area contributed by atoms with Gasteiger partial charge in [-0.05, 0) is 70.6 Å². The van der Waals surface area contributed by atoms with Gasteiger partial charge in [0.05, 0.1) is 34.4 Å². The molecule has 0 fully saturated rings. The van der Waals surface area contributed by atoms with E-state index in [9.17, 15) is 19.5 Å². The van der Waals surface area contributed by atoms with Gasteiger partial charge in [0.2, 0.25) is 0 Å². The molecule has 0 aromatic heterocycles. The van der Waals surface area contributed by atoms with E-state index in [4.69, 9.17) is 18.9 Å². The third-order valence-corrected chi connectivity index (χ3v) is 18.9. The summed E-state index contributed by atoms with van der Waals surface area (Å²) in [5.74, 6) is -1.97. The lowest BCUT2D eigenvalue weighted by Gasteiger charge is -2.25. The first-order valence-corrected chi connectivity index (χ1v) is 41.2. The molecule has 0 aromatic carbocycles. The summed E-state index contributed by atoms with van der Waals surface area (Å²) in [5.41, 5.74) is 0. The van der Waals surface area contributed by atoms with Gasteiger partial charge in [-0.1, -0.05) is 378 Å². The average Bonchev–Trinajstić information content (AvgIpc) is 3.38. The number of rotatable bonds is 78. The lowest BCUT2D eigenvalue weighted by atomic mass is 10.0. The predicted molar refractivity (Wildman–Crippen MR) is 401 cm³/mol. The SMILES string of the molecule is CCCCCCC/C=C\C/C=C\CCCCCCCCCCCCCCCCCCCCCCCCCCCCCC(=O)OC(COC(=O)CCCCCCCCCCCCCCCCCCC/C=C\CCCCCCCCCC)COC(OCC[N+](C)(C)C)C(=O)O. The van der Waals surface area contributed by atoms with Crippen molar-refractivity contribution in [1.82, 2.24) is 0 Å². The van der Waals surface area contributed by atoms with Crippen LogP contribution in [0.2, 0.25) is 0 Å². The van der Waals surface area contributed by atoms with Gasteiger partial charge < -0.3 is 28.5 Å². The molecule has 1 N–H and O–H groups in total. The number of carbonyl (C=O) groups excluding carboxylic acids is 2. The molecule has 0 spiro atoms. The Labute approximate surface area is 579 Å². The Bertz CT molecular complexity index is 1620. The third kappa shape index (κ3) is 76.7. The molecule has 2 unspecified atom stereocenters. The van der Waals surface area contributed by atoms with Crippen molar-refractivity contribution in [3.63, 3.8) is 0 Å². The summed E-state index contributed by atoms with van der Waals surface area (Å²) in [6, 6.07) is 0. The number of unbranched alkanes of at least 4 members (excludes halogenated alkanes) is 57. The third-order valence-electron chi connectivity index (χ3n) is 18.9. The fourth-order valence-corrected chi connectivity index (χ4v) is 12.6. The zero-order chi connectivity index (χ0) is 67.5. The summed E-state index contributed by atoms with van der Waals surface area (Å²) in [6.07, 6.45) is 94.6. The molecule has 0 heterocycles. The van der Waals surface area contributed by atoms with Crippen molar-refractivity contribution in [3.8, 4) is 0 Å². The van der Waals surface area contributed by atoms with Gasteiger partial charge in [-0.3, -0.25) is 9.59 Å². The van der Waals surface area contributed by atoms with Crippen LogP contribution in [0.15, 0.2) is 36.5 Å². The minimum atomic E-state index is -1.51. The highest BCUT2D eigenvalue weighted by molar-refractivity contribution is 5.71. The number of nitrogens with zero attached hydrogens (tertiary/aromatic N) is 1. The lowest BCUT2D eigenvalue weighted by Crippen LogP contribution is -2.40. The number of quaternary nitrogens is 1. The van der Waals surface area contributed by atoms with Crippen molar-refractivity contribution >= 4 is 17.9 Å². The summed E-state index contributed by atoms with van der Waals surface area (Å²) in [4.78, 5) is 37.7. The maximum Gasteiger partial charge on any atom is 0.361 e. The van der Waals surface area contributed by atoms with Gasteiger partial charge in [-0.2, -0.15) is 0 Å². The van der Waals surface area contributed by atoms with Crippen LogP contribution in [0.4, 0.5) is 0 Å². The molecule has 0 bridgehead atoms. The topological polar surface area (TPSA) is 108 Å². The summed E-state index contributed by atoms with van der Waals surface area (Å²) < 4.78 is 23.1. The van der Waals surface area contributed by atoms with E-state index in [0.29, 0.717) is 17.4 Å². The van der Waals surface area contributed by atoms with E-state index < -0.39 is 18.4 Å². The maximum absolute atomic E-state index is 13.0. The van der Waals surface area contributed by atoms with Crippen LogP contribution in [0.3, 0.4) is 0 Å². The molecule has 9 heteroatoms. The van der Waals surface area contributed by atoms with Gasteiger partial charge in [-0.25, -0.2) is 4.79 Å². The molecular weight excluding hydrogens is 1150 g/mol. The Kier molecular flexibility index (Phi) is 73.3. The van der Waals surface area contributed by atoms with E-state index in [-0.39, 0.29) is 38.2 Å². The summed E-state index contributed by atoms with van der Waals surface area (Å²) in [6.45, 7) is 4.95. The summed E-state index contributed by atoms with van der Waals surface area (Å²) in [7, 11) is 6.00. The van der Waals surface area contributed by atoms with Gasteiger partial charge in [0.15, 0.2) is 6.10 Å². The molecule has 0 rings (SSSR count). The molecule has 93 heavy (non-hydrogen) atoms. The van der Waals surface area contributed by atoms with Crippen LogP contribution in [-0.2, 0) is 33.3 Å². The lowest BCUT2D eigenvalue weighted by molar-refractivity contribution is -0.870. The number of hydrogen-bond acceptors (Lipinski definition) is 7. The molecule has 0 saturated carbocycles. The van der Waals surface area contributed by atoms with Crippen molar-refractivity contribution in [2.24, 2.45) is 0 Å². The molecule has 0 aliphatic rings. The number of allylic oxidation sites excluding steroid dienone is 6. The monoisotopic (exact) mass is 1310 g/mol. The van der Waals surface area contributed by atoms with Gasteiger partial charge >= 0.3 is 17.9 Å². The molecule has 548 valence electrons. The summed E-state index contributed by atoms with van der Waals surface area (Å²) in [5, 5.41) is 9.78. The highest BCUT2D eigenvalue weighted by Crippen LogP contribution is 2.20. The van der Waals surface area contributed by atoms with E-state index in [0.717, 1.165) is 44.9 Å². The molecule has 9 nitrogen and oxygen atoms in total. The molecule has 0 aliphatic carbocycles. The zero-order valence-corrected chi connectivity index (χ0v) is 63.0. The minimum absolute atomic E-state index is 0.175. The molecule has 0 aliphatic heterocycles. The highest BCUT2D eigenvalue weighted by atomic mass is 16.7. The number of esters is 2. The van der Waals surface area contributed by atoms with Gasteiger partial charge in [-0.15, -0.1) is 0 Å². The van der Waals surface area contributed by atoms with Gasteiger partial charge in [0, 0.05) is 12.8 Å². The van der Waals surface area contributed by atoms with Crippen molar-refractivity contribution in [3.05, 3.63) is 36.5 Å². The van der Waals surface area contributed by atoms with Gasteiger partial charge in [0.25, 0.3) is 6.29 Å². The molecule has 0 saturated heterocycles. The fraction of sp³-hybridized carbons (Fsp3) is 0.893. The van der Waals surface area contributed by atoms with Crippen LogP contribution in [0.1, 0.15) is 425 Å². The van der Waals surface area contributed by atoms with Crippen LogP contribution in [0.25, 0.3) is 0 Å². The Morgan fingerprint density at radius 3 is 0.860 bits per heavy atom. The Morgan fingerprint density at radius 1 is 0.323 bits per heavy atom. The molecule has 2 atom stereocenters. The first-order valence-electron chi connectivity index (χ1n) is 41.2. The minimum Gasteiger partial charge on any atom is -0.477 e. The smallest absolute Gasteiger partial charge is 0.361 e. The second-order valence-electron chi connectivity index (χ2n) is 29.4. The molecular formula is C84H160NO8+. The number of hydrogen-bond donors (Lipinski definition) is 1. The van der Waals surface area contributed by atoms with E-state index in [2.05, 4.69) is 50.3 Å². The Morgan fingerprint density at radius 2 is 0.581 bits per heavy atom. The largest absolute Gasteiger partial charge is 0.477 e. The fourth-order valence-electron chi connectivity index (χ4n) is 12.6. The Balaban J connectivity index is 3.94. The number of carbonyl (C=O) groups is 3. The maximum atomic E-state index is 13.0. The highest BCUT2D eigenvalue weighted by Gasteiger charge is 2.25. The Hall–Kier alpha value is -2.49. The number of aliphatic carboxylic acids is 1. The van der Waals surface area contributed by atoms with Crippen LogP contribution < -0.4 is 0 Å². The van der Waals surface area contributed by atoms with Crippen molar-refractivity contribution in [2.45, 2.75) is 437 Å². The molecule has 0 aromatic rings. The predicted octanol–water partition coefficient (Wildman–Crippen LogP) is 26.3. The van der Waals surface area contributed by atoms with Crippen LogP contribution in [0.5, 0.6) is 0 Å².